The highest BCUT2D eigenvalue weighted by Crippen LogP contribution is 2.15. The molecule has 0 radical (unpaired) electrons. The molecule has 0 unspecified atom stereocenters. The minimum Gasteiger partial charge on any atom is -0.291 e. The molecule has 1 aromatic carbocycles. The van der Waals surface area contributed by atoms with Gasteiger partial charge in [-0.05, 0) is 24.3 Å². The molecular formula is C14H12N4O2S. The van der Waals surface area contributed by atoms with Crippen LogP contribution in [-0.4, -0.2) is 23.0 Å². The minimum atomic E-state index is -3.59. The number of pyridine rings is 1. The second kappa shape index (κ2) is 5.37. The maximum Gasteiger partial charge on any atom is 0.261 e. The minimum absolute atomic E-state index is 0.212. The molecule has 0 saturated carbocycles. The average molecular weight is 300 g/mol. The van der Waals surface area contributed by atoms with Crippen molar-refractivity contribution in [1.29, 1.82) is 0 Å². The van der Waals surface area contributed by atoms with E-state index in [1.54, 1.807) is 53.6 Å². The molecule has 3 aromatic rings. The number of rotatable bonds is 4. The second-order valence-corrected chi connectivity index (χ2v) is 5.98. The lowest BCUT2D eigenvalue weighted by molar-refractivity contribution is 0.601. The summed E-state index contributed by atoms with van der Waals surface area (Å²) < 4.78 is 28.5. The molecule has 7 heteroatoms. The van der Waals surface area contributed by atoms with Crippen LogP contribution in [0.2, 0.25) is 0 Å². The monoisotopic (exact) mass is 300 g/mol. The van der Waals surface area contributed by atoms with Crippen LogP contribution in [0.3, 0.4) is 0 Å². The molecule has 0 aliphatic rings. The Morgan fingerprint density at radius 3 is 2.48 bits per heavy atom. The van der Waals surface area contributed by atoms with Crippen molar-refractivity contribution in [3.05, 3.63) is 67.4 Å². The first-order valence-corrected chi connectivity index (χ1v) is 7.66. The lowest BCUT2D eigenvalue weighted by Crippen LogP contribution is -2.13. The molecule has 0 spiro atoms. The topological polar surface area (TPSA) is 76.9 Å². The maximum absolute atomic E-state index is 12.2. The molecule has 0 atom stereocenters. The highest BCUT2D eigenvalue weighted by Gasteiger charge is 2.13. The quantitative estimate of drug-likeness (QED) is 0.800. The van der Waals surface area contributed by atoms with E-state index in [9.17, 15) is 8.42 Å². The number of hydrogen-bond donors (Lipinski definition) is 1. The second-order valence-electron chi connectivity index (χ2n) is 4.29. The summed E-state index contributed by atoms with van der Waals surface area (Å²) in [4.78, 5) is 8.34. The van der Waals surface area contributed by atoms with Gasteiger partial charge < -0.3 is 0 Å². The molecule has 3 rings (SSSR count). The van der Waals surface area contributed by atoms with Crippen molar-refractivity contribution in [2.24, 2.45) is 0 Å². The standard InChI is InChI=1S/C14H12N4O2S/c19-21(20,13-4-2-1-3-5-13)17-12-6-7-14(16-10-12)18-9-8-15-11-18/h1-11,17H. The molecule has 0 aliphatic heterocycles. The van der Waals surface area contributed by atoms with Crippen LogP contribution in [0.1, 0.15) is 0 Å². The Bertz CT molecular complexity index is 813. The van der Waals surface area contributed by atoms with Crippen molar-refractivity contribution >= 4 is 15.7 Å². The fraction of sp³-hybridized carbons (Fsp3) is 0. The van der Waals surface area contributed by atoms with Gasteiger partial charge in [-0.1, -0.05) is 18.2 Å². The molecule has 106 valence electrons. The van der Waals surface area contributed by atoms with E-state index in [4.69, 9.17) is 0 Å². The van der Waals surface area contributed by atoms with Crippen molar-refractivity contribution in [2.45, 2.75) is 4.90 Å². The summed E-state index contributed by atoms with van der Waals surface area (Å²) in [6, 6.07) is 11.6. The molecule has 2 aromatic heterocycles. The van der Waals surface area contributed by atoms with Crippen LogP contribution >= 0.6 is 0 Å². The zero-order valence-electron chi connectivity index (χ0n) is 10.9. The van der Waals surface area contributed by atoms with Gasteiger partial charge in [-0.3, -0.25) is 9.29 Å². The van der Waals surface area contributed by atoms with E-state index in [1.807, 2.05) is 0 Å². The van der Waals surface area contributed by atoms with E-state index in [2.05, 4.69) is 14.7 Å². The molecule has 1 N–H and O–H groups in total. The summed E-state index contributed by atoms with van der Waals surface area (Å²) in [6.45, 7) is 0. The summed E-state index contributed by atoms with van der Waals surface area (Å²) in [5.41, 5.74) is 0.405. The molecule has 0 amide bonds. The van der Waals surface area contributed by atoms with Crippen LogP contribution in [0.25, 0.3) is 5.82 Å². The number of benzene rings is 1. The Hall–Kier alpha value is -2.67. The van der Waals surface area contributed by atoms with Crippen LogP contribution in [0.4, 0.5) is 5.69 Å². The molecule has 0 fully saturated rings. The Morgan fingerprint density at radius 2 is 1.86 bits per heavy atom. The van der Waals surface area contributed by atoms with Crippen LogP contribution in [0, 0.1) is 0 Å². The van der Waals surface area contributed by atoms with Crippen LogP contribution in [0.5, 0.6) is 0 Å². The molecule has 0 bridgehead atoms. The molecular weight excluding hydrogens is 288 g/mol. The molecule has 0 aliphatic carbocycles. The normalized spacial score (nSPS) is 11.2. The summed E-state index contributed by atoms with van der Waals surface area (Å²) in [5, 5.41) is 0. The summed E-state index contributed by atoms with van der Waals surface area (Å²) in [7, 11) is -3.59. The SMILES string of the molecule is O=S(=O)(Nc1ccc(-n2ccnc2)nc1)c1ccccc1. The predicted octanol–water partition coefficient (Wildman–Crippen LogP) is 2.07. The van der Waals surface area contributed by atoms with Gasteiger partial charge in [0.1, 0.15) is 12.1 Å². The van der Waals surface area contributed by atoms with Gasteiger partial charge in [0.05, 0.1) is 16.8 Å². The Balaban J connectivity index is 1.83. The number of nitrogens with zero attached hydrogens (tertiary/aromatic N) is 3. The fourth-order valence-corrected chi connectivity index (χ4v) is 2.87. The number of sulfonamides is 1. The summed E-state index contributed by atoms with van der Waals surface area (Å²) in [5.74, 6) is 0.662. The molecule has 6 nitrogen and oxygen atoms in total. The third-order valence-electron chi connectivity index (χ3n) is 2.82. The third kappa shape index (κ3) is 2.92. The van der Waals surface area contributed by atoms with Gasteiger partial charge in [0.2, 0.25) is 0 Å². The van der Waals surface area contributed by atoms with Gasteiger partial charge in [-0.2, -0.15) is 0 Å². The van der Waals surface area contributed by atoms with Crippen molar-refractivity contribution < 1.29 is 8.42 Å². The molecule has 0 saturated heterocycles. The number of imidazole rings is 1. The molecule has 21 heavy (non-hydrogen) atoms. The van der Waals surface area contributed by atoms with E-state index < -0.39 is 10.0 Å². The van der Waals surface area contributed by atoms with Crippen LogP contribution < -0.4 is 4.72 Å². The Kier molecular flexibility index (Phi) is 3.41. The average Bonchev–Trinajstić information content (AvgIpc) is 3.03. The third-order valence-corrected chi connectivity index (χ3v) is 4.22. The van der Waals surface area contributed by atoms with E-state index in [0.717, 1.165) is 0 Å². The smallest absolute Gasteiger partial charge is 0.261 e. The lowest BCUT2D eigenvalue weighted by Gasteiger charge is -2.08. The van der Waals surface area contributed by atoms with Crippen LogP contribution in [-0.2, 0) is 10.0 Å². The summed E-state index contributed by atoms with van der Waals surface area (Å²) >= 11 is 0. The van der Waals surface area contributed by atoms with E-state index in [-0.39, 0.29) is 4.90 Å². The number of anilines is 1. The fourth-order valence-electron chi connectivity index (χ4n) is 1.81. The van der Waals surface area contributed by atoms with Crippen LogP contribution in [0.15, 0.2) is 72.3 Å². The highest BCUT2D eigenvalue weighted by molar-refractivity contribution is 7.92. The first-order chi connectivity index (χ1) is 10.1. The highest BCUT2D eigenvalue weighted by atomic mass is 32.2. The van der Waals surface area contributed by atoms with E-state index in [1.165, 1.54) is 18.3 Å². The Morgan fingerprint density at radius 1 is 1.05 bits per heavy atom. The largest absolute Gasteiger partial charge is 0.291 e. The van der Waals surface area contributed by atoms with Gasteiger partial charge in [0.15, 0.2) is 0 Å². The van der Waals surface area contributed by atoms with Crippen molar-refractivity contribution in [2.75, 3.05) is 4.72 Å². The predicted molar refractivity (Wildman–Crippen MR) is 78.6 cm³/mol. The van der Waals surface area contributed by atoms with E-state index >= 15 is 0 Å². The Labute approximate surface area is 122 Å². The van der Waals surface area contributed by atoms with Gasteiger partial charge >= 0.3 is 0 Å². The zero-order valence-corrected chi connectivity index (χ0v) is 11.7. The van der Waals surface area contributed by atoms with Gasteiger partial charge in [-0.15, -0.1) is 0 Å². The zero-order chi connectivity index (χ0) is 14.7. The van der Waals surface area contributed by atoms with Crippen molar-refractivity contribution in [1.82, 2.24) is 14.5 Å². The maximum atomic E-state index is 12.2. The first kappa shape index (κ1) is 13.3. The molecule has 2 heterocycles. The van der Waals surface area contributed by atoms with Gasteiger partial charge in [-0.25, -0.2) is 18.4 Å². The first-order valence-electron chi connectivity index (χ1n) is 6.17. The number of nitrogens with one attached hydrogen (secondary N) is 1. The van der Waals surface area contributed by atoms with Crippen molar-refractivity contribution in [3.8, 4) is 5.82 Å². The van der Waals surface area contributed by atoms with Gasteiger partial charge in [0, 0.05) is 12.4 Å². The van der Waals surface area contributed by atoms with Crippen molar-refractivity contribution in [3.63, 3.8) is 0 Å². The lowest BCUT2D eigenvalue weighted by atomic mass is 10.4. The number of hydrogen-bond acceptors (Lipinski definition) is 4. The number of aromatic nitrogens is 3. The summed E-state index contributed by atoms with van der Waals surface area (Å²) in [6.07, 6.45) is 6.50. The van der Waals surface area contributed by atoms with E-state index in [0.29, 0.717) is 11.5 Å². The van der Waals surface area contributed by atoms with Gasteiger partial charge in [0.25, 0.3) is 10.0 Å².